The van der Waals surface area contributed by atoms with E-state index in [1.54, 1.807) is 0 Å². The Balaban J connectivity index is 5.32. The molecule has 0 aliphatic carbocycles. The molecule has 0 bridgehead atoms. The zero-order valence-corrected chi connectivity index (χ0v) is 50.4. The number of carbonyl (C=O) groups is 3. The highest BCUT2D eigenvalue weighted by atomic mass is 16.5. The molecule has 0 fully saturated rings. The molecule has 7 nitrogen and oxygen atoms in total. The zero-order valence-electron chi connectivity index (χ0n) is 50.4. The van der Waals surface area contributed by atoms with Crippen molar-refractivity contribution in [1.82, 2.24) is 10.2 Å². The van der Waals surface area contributed by atoms with Gasteiger partial charge in [-0.1, -0.05) is 272 Å². The Morgan fingerprint density at radius 1 is 0.342 bits per heavy atom. The van der Waals surface area contributed by atoms with Gasteiger partial charge in [0, 0.05) is 31.8 Å². The second kappa shape index (κ2) is 58.1. The van der Waals surface area contributed by atoms with Crippen LogP contribution in [0.5, 0.6) is 0 Å². The third kappa shape index (κ3) is 49.7. The Morgan fingerprint density at radius 3 is 0.945 bits per heavy atom. The summed E-state index contributed by atoms with van der Waals surface area (Å²) in [5.74, 6) is 1.24. The third-order valence-electron chi connectivity index (χ3n) is 16.0. The van der Waals surface area contributed by atoms with E-state index in [9.17, 15) is 14.4 Å². The smallest absolute Gasteiger partial charge is 0.305 e. The highest BCUT2D eigenvalue weighted by molar-refractivity contribution is 5.76. The van der Waals surface area contributed by atoms with E-state index in [4.69, 9.17) is 9.47 Å². The fourth-order valence-electron chi connectivity index (χ4n) is 11.0. The Morgan fingerprint density at radius 2 is 0.616 bits per heavy atom. The molecule has 1 N–H and O–H groups in total. The van der Waals surface area contributed by atoms with Crippen LogP contribution in [0.2, 0.25) is 0 Å². The van der Waals surface area contributed by atoms with E-state index in [1.165, 1.54) is 231 Å². The SMILES string of the molecule is CCCCCCCCCCC(CCCCCCCC)COC(=O)CCCCCC(CCCCCC(=O)OCC(CCCCCCCC)CCCCCCCCCC)N(CCCNC)C(=O)CCCCCCCC. The number of esters is 2. The van der Waals surface area contributed by atoms with E-state index >= 15 is 0 Å². The average molecular weight is 1030 g/mol. The molecule has 0 spiro atoms. The molecule has 2 atom stereocenters. The summed E-state index contributed by atoms with van der Waals surface area (Å²) < 4.78 is 12.0. The molecule has 0 saturated carbocycles. The fourth-order valence-corrected chi connectivity index (χ4v) is 11.0. The van der Waals surface area contributed by atoms with Gasteiger partial charge >= 0.3 is 11.9 Å². The van der Waals surface area contributed by atoms with Crippen molar-refractivity contribution in [1.29, 1.82) is 0 Å². The number of nitrogens with one attached hydrogen (secondary N) is 1. The van der Waals surface area contributed by atoms with Crippen LogP contribution in [0.25, 0.3) is 0 Å². The Kier molecular flexibility index (Phi) is 56.8. The summed E-state index contributed by atoms with van der Waals surface area (Å²) in [7, 11) is 2.00. The lowest BCUT2D eigenvalue weighted by Crippen LogP contribution is -2.41. The van der Waals surface area contributed by atoms with Crippen molar-refractivity contribution in [2.24, 2.45) is 11.8 Å². The van der Waals surface area contributed by atoms with Crippen LogP contribution in [0.1, 0.15) is 356 Å². The molecule has 0 rings (SSSR count). The molecule has 73 heavy (non-hydrogen) atoms. The highest BCUT2D eigenvalue weighted by Gasteiger charge is 2.23. The van der Waals surface area contributed by atoms with Crippen molar-refractivity contribution in [3.8, 4) is 0 Å². The first-order chi connectivity index (χ1) is 35.9. The van der Waals surface area contributed by atoms with E-state index in [0.29, 0.717) is 50.2 Å². The summed E-state index contributed by atoms with van der Waals surface area (Å²) in [6.07, 6.45) is 59.1. The van der Waals surface area contributed by atoms with Crippen molar-refractivity contribution in [2.75, 3.05) is 33.4 Å². The molecule has 0 aliphatic heterocycles. The Hall–Kier alpha value is -1.63. The lowest BCUT2D eigenvalue weighted by molar-refractivity contribution is -0.146. The molecular formula is C66H130N2O5. The van der Waals surface area contributed by atoms with Gasteiger partial charge in [-0.25, -0.2) is 0 Å². The van der Waals surface area contributed by atoms with E-state index in [0.717, 1.165) is 83.7 Å². The molecule has 0 aliphatic rings. The van der Waals surface area contributed by atoms with Gasteiger partial charge in [0.05, 0.1) is 13.2 Å². The normalized spacial score (nSPS) is 12.8. The standard InChI is InChI=1S/C66H130N2O5/c1-7-12-17-22-27-29-33-40-50-61(48-38-31-24-19-14-9-3)59-72-65(70)55-45-36-42-52-63(68(58-47-57-67-6)64(69)54-44-35-26-21-16-11-5)53-43-37-46-56-66(71)73-60-62(49-39-32-25-20-15-10-4)51-41-34-30-28-23-18-13-8-2/h61-63,67H,7-60H2,1-6H3. The number of hydrogen-bond donors (Lipinski definition) is 1. The monoisotopic (exact) mass is 1030 g/mol. The van der Waals surface area contributed by atoms with Gasteiger partial charge in [-0.15, -0.1) is 0 Å². The van der Waals surface area contributed by atoms with Crippen molar-refractivity contribution < 1.29 is 23.9 Å². The van der Waals surface area contributed by atoms with Crippen molar-refractivity contribution in [3.63, 3.8) is 0 Å². The number of rotatable bonds is 60. The molecule has 0 aromatic heterocycles. The van der Waals surface area contributed by atoms with Gasteiger partial charge in [0.1, 0.15) is 0 Å². The van der Waals surface area contributed by atoms with Crippen LogP contribution in [0.3, 0.4) is 0 Å². The maximum Gasteiger partial charge on any atom is 0.305 e. The van der Waals surface area contributed by atoms with Crippen LogP contribution >= 0.6 is 0 Å². The predicted molar refractivity (Wildman–Crippen MR) is 318 cm³/mol. The largest absolute Gasteiger partial charge is 0.465 e. The molecule has 0 radical (unpaired) electrons. The van der Waals surface area contributed by atoms with E-state index < -0.39 is 0 Å². The Bertz CT molecular complexity index is 1080. The zero-order chi connectivity index (χ0) is 53.3. The summed E-state index contributed by atoms with van der Waals surface area (Å²) in [5, 5.41) is 3.31. The van der Waals surface area contributed by atoms with Gasteiger partial charge in [0.25, 0.3) is 0 Å². The molecule has 434 valence electrons. The van der Waals surface area contributed by atoms with Crippen molar-refractivity contribution in [3.05, 3.63) is 0 Å². The summed E-state index contributed by atoms with van der Waals surface area (Å²) in [6, 6.07) is 0.196. The van der Waals surface area contributed by atoms with E-state index in [-0.39, 0.29) is 18.0 Å². The first kappa shape index (κ1) is 71.4. The maximum atomic E-state index is 14.0. The average Bonchev–Trinajstić information content (AvgIpc) is 3.39. The third-order valence-corrected chi connectivity index (χ3v) is 16.0. The van der Waals surface area contributed by atoms with Gasteiger partial charge in [0.15, 0.2) is 0 Å². The van der Waals surface area contributed by atoms with Crippen molar-refractivity contribution in [2.45, 2.75) is 362 Å². The summed E-state index contributed by atoms with van der Waals surface area (Å²) in [5.41, 5.74) is 0. The minimum atomic E-state index is -0.0291. The molecule has 0 aromatic carbocycles. The number of nitrogens with zero attached hydrogens (tertiary/aromatic N) is 1. The molecule has 0 aromatic rings. The van der Waals surface area contributed by atoms with Crippen LogP contribution in [0.15, 0.2) is 0 Å². The number of hydrogen-bond acceptors (Lipinski definition) is 6. The minimum absolute atomic E-state index is 0.0291. The number of amides is 1. The molecule has 0 saturated heterocycles. The van der Waals surface area contributed by atoms with Crippen LogP contribution < -0.4 is 5.32 Å². The quantitative estimate of drug-likeness (QED) is 0.0483. The second-order valence-corrected chi connectivity index (χ2v) is 23.2. The lowest BCUT2D eigenvalue weighted by Gasteiger charge is -2.33. The Labute approximate surface area is 456 Å². The van der Waals surface area contributed by atoms with Gasteiger partial charge in [-0.2, -0.15) is 0 Å². The molecular weight excluding hydrogens is 901 g/mol. The van der Waals surface area contributed by atoms with Gasteiger partial charge in [-0.3, -0.25) is 14.4 Å². The fraction of sp³-hybridized carbons (Fsp3) is 0.955. The maximum absolute atomic E-state index is 14.0. The first-order valence-corrected chi connectivity index (χ1v) is 33.1. The number of ether oxygens (including phenoxy) is 2. The second-order valence-electron chi connectivity index (χ2n) is 23.2. The predicted octanol–water partition coefficient (Wildman–Crippen LogP) is 20.3. The lowest BCUT2D eigenvalue weighted by atomic mass is 9.94. The van der Waals surface area contributed by atoms with Gasteiger partial charge < -0.3 is 19.7 Å². The molecule has 1 amide bonds. The van der Waals surface area contributed by atoms with Crippen LogP contribution in [0, 0.1) is 11.8 Å². The van der Waals surface area contributed by atoms with Crippen LogP contribution in [-0.2, 0) is 23.9 Å². The van der Waals surface area contributed by atoms with E-state index in [2.05, 4.69) is 44.8 Å². The van der Waals surface area contributed by atoms with E-state index in [1.807, 2.05) is 7.05 Å². The van der Waals surface area contributed by atoms with Crippen LogP contribution in [-0.4, -0.2) is 62.1 Å². The van der Waals surface area contributed by atoms with Gasteiger partial charge in [-0.05, 0) is 89.6 Å². The van der Waals surface area contributed by atoms with Crippen molar-refractivity contribution >= 4 is 17.8 Å². The minimum Gasteiger partial charge on any atom is -0.465 e. The van der Waals surface area contributed by atoms with Gasteiger partial charge in [0.2, 0.25) is 5.91 Å². The first-order valence-electron chi connectivity index (χ1n) is 33.1. The van der Waals surface area contributed by atoms with Crippen LogP contribution in [0.4, 0.5) is 0 Å². The molecule has 2 unspecified atom stereocenters. The number of carbonyl (C=O) groups excluding carboxylic acids is 3. The summed E-state index contributed by atoms with van der Waals surface area (Å²) in [6.45, 7) is 14.2. The number of unbranched alkanes of at least 4 members (excludes halogenated alkanes) is 33. The summed E-state index contributed by atoms with van der Waals surface area (Å²) in [4.78, 5) is 42.5. The molecule has 7 heteroatoms. The topological polar surface area (TPSA) is 84.9 Å². The highest BCUT2D eigenvalue weighted by Crippen LogP contribution is 2.24. The molecule has 0 heterocycles. The summed E-state index contributed by atoms with van der Waals surface area (Å²) >= 11 is 0.